The number of carbonyl (C=O) groups is 2. The second kappa shape index (κ2) is 6.21. The first kappa shape index (κ1) is 16.1. The first-order chi connectivity index (χ1) is 9.78. The first-order valence-electron chi connectivity index (χ1n) is 7.11. The molecule has 0 saturated carbocycles. The zero-order valence-electron chi connectivity index (χ0n) is 11.9. The van der Waals surface area contributed by atoms with E-state index < -0.39 is 30.5 Å². The van der Waals surface area contributed by atoms with Crippen LogP contribution < -0.4 is 5.32 Å². The van der Waals surface area contributed by atoms with Crippen LogP contribution in [0.25, 0.3) is 0 Å². The van der Waals surface area contributed by atoms with E-state index in [-0.39, 0.29) is 12.6 Å². The van der Waals surface area contributed by atoms with E-state index in [1.807, 2.05) is 7.05 Å². The number of amides is 2. The first-order valence-corrected chi connectivity index (χ1v) is 7.11. The SMILES string of the molecule is CN1CCC1CNC(=O)C1CCCN(CC(F)(F)F)C1=O. The summed E-state index contributed by atoms with van der Waals surface area (Å²) < 4.78 is 37.2. The Balaban J connectivity index is 1.86. The minimum atomic E-state index is -4.43. The second-order valence-electron chi connectivity index (χ2n) is 5.74. The number of nitrogens with one attached hydrogen (secondary N) is 1. The second-order valence-corrected chi connectivity index (χ2v) is 5.74. The van der Waals surface area contributed by atoms with Gasteiger partial charge in [0.15, 0.2) is 0 Å². The summed E-state index contributed by atoms with van der Waals surface area (Å²) >= 11 is 0. The van der Waals surface area contributed by atoms with Crippen LogP contribution in [0.4, 0.5) is 13.2 Å². The number of carbonyl (C=O) groups excluding carboxylic acids is 2. The molecule has 2 atom stereocenters. The van der Waals surface area contributed by atoms with Crippen molar-refractivity contribution in [2.24, 2.45) is 5.92 Å². The lowest BCUT2D eigenvalue weighted by molar-refractivity contribution is -0.168. The van der Waals surface area contributed by atoms with Crippen molar-refractivity contribution in [1.29, 1.82) is 0 Å². The number of alkyl halides is 3. The molecule has 2 rings (SSSR count). The van der Waals surface area contributed by atoms with Crippen LogP contribution in [0, 0.1) is 5.92 Å². The van der Waals surface area contributed by atoms with Gasteiger partial charge in [0, 0.05) is 19.1 Å². The molecule has 0 bridgehead atoms. The zero-order chi connectivity index (χ0) is 15.6. The van der Waals surface area contributed by atoms with E-state index in [9.17, 15) is 22.8 Å². The van der Waals surface area contributed by atoms with E-state index in [0.29, 0.717) is 19.4 Å². The fraction of sp³-hybridized carbons (Fsp3) is 0.846. The van der Waals surface area contributed by atoms with Crippen molar-refractivity contribution in [1.82, 2.24) is 15.1 Å². The van der Waals surface area contributed by atoms with Gasteiger partial charge in [0.2, 0.25) is 11.8 Å². The Hall–Kier alpha value is -1.31. The Morgan fingerprint density at radius 2 is 2.05 bits per heavy atom. The number of piperidine rings is 1. The number of likely N-dealkylation sites (N-methyl/N-ethyl adjacent to an activating group) is 1. The van der Waals surface area contributed by atoms with Crippen molar-refractivity contribution in [3.8, 4) is 0 Å². The molecule has 2 saturated heterocycles. The maximum atomic E-state index is 12.4. The lowest BCUT2D eigenvalue weighted by Gasteiger charge is -2.38. The zero-order valence-corrected chi connectivity index (χ0v) is 11.9. The molecule has 0 spiro atoms. The summed E-state index contributed by atoms with van der Waals surface area (Å²) in [5.41, 5.74) is 0. The van der Waals surface area contributed by atoms with Gasteiger partial charge in [-0.05, 0) is 32.9 Å². The number of nitrogens with zero attached hydrogens (tertiary/aromatic N) is 2. The van der Waals surface area contributed by atoms with Gasteiger partial charge in [-0.3, -0.25) is 9.59 Å². The van der Waals surface area contributed by atoms with Crippen molar-refractivity contribution in [3.05, 3.63) is 0 Å². The van der Waals surface area contributed by atoms with Gasteiger partial charge >= 0.3 is 6.18 Å². The molecule has 0 aromatic heterocycles. The van der Waals surface area contributed by atoms with E-state index in [1.165, 1.54) is 0 Å². The van der Waals surface area contributed by atoms with Crippen molar-refractivity contribution in [3.63, 3.8) is 0 Å². The lowest BCUT2D eigenvalue weighted by atomic mass is 9.95. The summed E-state index contributed by atoms with van der Waals surface area (Å²) in [6.45, 7) is 0.203. The summed E-state index contributed by atoms with van der Waals surface area (Å²) in [4.78, 5) is 26.8. The minimum absolute atomic E-state index is 0.0630. The van der Waals surface area contributed by atoms with E-state index in [1.54, 1.807) is 0 Å². The Morgan fingerprint density at radius 3 is 2.57 bits per heavy atom. The van der Waals surface area contributed by atoms with Crippen molar-refractivity contribution < 1.29 is 22.8 Å². The fourth-order valence-electron chi connectivity index (χ4n) is 2.73. The maximum absolute atomic E-state index is 12.4. The molecule has 2 unspecified atom stereocenters. The molecule has 8 heteroatoms. The van der Waals surface area contributed by atoms with Crippen molar-refractivity contribution in [2.45, 2.75) is 31.5 Å². The Labute approximate surface area is 121 Å². The van der Waals surface area contributed by atoms with Gasteiger partial charge in [-0.2, -0.15) is 13.2 Å². The molecular formula is C13H20F3N3O2. The van der Waals surface area contributed by atoms with Crippen LogP contribution in [0.1, 0.15) is 19.3 Å². The van der Waals surface area contributed by atoms with Crippen LogP contribution >= 0.6 is 0 Å². The predicted molar refractivity (Wildman–Crippen MR) is 69.4 cm³/mol. The average Bonchev–Trinajstić information content (AvgIpc) is 2.38. The molecule has 5 nitrogen and oxygen atoms in total. The van der Waals surface area contributed by atoms with Crippen LogP contribution in [0.3, 0.4) is 0 Å². The van der Waals surface area contributed by atoms with Gasteiger partial charge in [0.25, 0.3) is 0 Å². The van der Waals surface area contributed by atoms with Crippen LogP contribution in [0.5, 0.6) is 0 Å². The van der Waals surface area contributed by atoms with E-state index >= 15 is 0 Å². The molecular weight excluding hydrogens is 287 g/mol. The monoisotopic (exact) mass is 307 g/mol. The summed E-state index contributed by atoms with van der Waals surface area (Å²) in [6.07, 6.45) is -2.71. The maximum Gasteiger partial charge on any atom is 0.406 e. The summed E-state index contributed by atoms with van der Waals surface area (Å²) in [5.74, 6) is -2.14. The van der Waals surface area contributed by atoms with Gasteiger partial charge in [0.05, 0.1) is 0 Å². The Morgan fingerprint density at radius 1 is 1.33 bits per heavy atom. The normalized spacial score (nSPS) is 27.4. The summed E-state index contributed by atoms with van der Waals surface area (Å²) in [5, 5.41) is 2.69. The van der Waals surface area contributed by atoms with Crippen molar-refractivity contribution >= 4 is 11.8 Å². The molecule has 0 aromatic rings. The molecule has 120 valence electrons. The van der Waals surface area contributed by atoms with Crippen LogP contribution in [-0.4, -0.2) is 67.1 Å². The van der Waals surface area contributed by atoms with Gasteiger partial charge in [-0.1, -0.05) is 0 Å². The minimum Gasteiger partial charge on any atom is -0.354 e. The molecule has 2 aliphatic rings. The molecule has 21 heavy (non-hydrogen) atoms. The summed E-state index contributed by atoms with van der Waals surface area (Å²) in [7, 11) is 1.94. The number of rotatable bonds is 4. The molecule has 0 aliphatic carbocycles. The van der Waals surface area contributed by atoms with E-state index in [0.717, 1.165) is 17.9 Å². The van der Waals surface area contributed by atoms with Gasteiger partial charge in [-0.25, -0.2) is 0 Å². The van der Waals surface area contributed by atoms with Crippen LogP contribution in [-0.2, 0) is 9.59 Å². The molecule has 1 N–H and O–H groups in total. The highest BCUT2D eigenvalue weighted by atomic mass is 19.4. The van der Waals surface area contributed by atoms with Crippen LogP contribution in [0.2, 0.25) is 0 Å². The standard InChI is InChI=1S/C13H20F3N3O2/c1-18-6-4-9(18)7-17-11(20)10-3-2-5-19(12(10)21)8-13(14,15)16/h9-10H,2-8H2,1H3,(H,17,20). The topological polar surface area (TPSA) is 52.7 Å². The largest absolute Gasteiger partial charge is 0.406 e. The number of hydrogen-bond acceptors (Lipinski definition) is 3. The quantitative estimate of drug-likeness (QED) is 0.774. The third kappa shape index (κ3) is 4.09. The highest BCUT2D eigenvalue weighted by Crippen LogP contribution is 2.23. The fourth-order valence-corrected chi connectivity index (χ4v) is 2.73. The number of hydrogen-bond donors (Lipinski definition) is 1. The average molecular weight is 307 g/mol. The highest BCUT2D eigenvalue weighted by Gasteiger charge is 2.40. The lowest BCUT2D eigenvalue weighted by Crippen LogP contribution is -2.54. The van der Waals surface area contributed by atoms with Crippen molar-refractivity contribution in [2.75, 3.05) is 33.2 Å². The smallest absolute Gasteiger partial charge is 0.354 e. The Kier molecular flexibility index (Phi) is 4.75. The third-order valence-electron chi connectivity index (χ3n) is 4.17. The highest BCUT2D eigenvalue weighted by molar-refractivity contribution is 6.00. The summed E-state index contributed by atoms with van der Waals surface area (Å²) in [6, 6.07) is 0.263. The van der Waals surface area contributed by atoms with Gasteiger partial charge in [0.1, 0.15) is 12.5 Å². The van der Waals surface area contributed by atoms with Gasteiger partial charge < -0.3 is 15.1 Å². The molecule has 2 fully saturated rings. The molecule has 2 heterocycles. The van der Waals surface area contributed by atoms with E-state index in [2.05, 4.69) is 10.2 Å². The van der Waals surface area contributed by atoms with Crippen LogP contribution in [0.15, 0.2) is 0 Å². The number of likely N-dealkylation sites (tertiary alicyclic amines) is 2. The van der Waals surface area contributed by atoms with E-state index in [4.69, 9.17) is 0 Å². The predicted octanol–water partition coefficient (Wildman–Crippen LogP) is 0.608. The Bertz CT molecular complexity index is 414. The molecule has 0 radical (unpaired) electrons. The molecule has 2 amide bonds. The molecule has 2 aliphatic heterocycles. The molecule has 0 aromatic carbocycles. The third-order valence-corrected chi connectivity index (χ3v) is 4.17. The van der Waals surface area contributed by atoms with Gasteiger partial charge in [-0.15, -0.1) is 0 Å². The number of halogens is 3.